The maximum atomic E-state index is 13.1. The van der Waals surface area contributed by atoms with Gasteiger partial charge in [-0.1, -0.05) is 31.2 Å². The number of piperazine rings is 1. The molecule has 0 amide bonds. The topological polar surface area (TPSA) is 92.6 Å². The van der Waals surface area contributed by atoms with E-state index in [9.17, 15) is 18.5 Å². The van der Waals surface area contributed by atoms with Crippen molar-refractivity contribution in [2.24, 2.45) is 0 Å². The molecule has 2 aromatic rings. The number of nitrogens with zero attached hydrogens (tertiary/aromatic N) is 2. The van der Waals surface area contributed by atoms with Gasteiger partial charge in [-0.15, -0.1) is 0 Å². The van der Waals surface area contributed by atoms with Gasteiger partial charge in [-0.25, -0.2) is 8.42 Å². The fourth-order valence-corrected chi connectivity index (χ4v) is 4.72. The predicted octanol–water partition coefficient (Wildman–Crippen LogP) is 2.49. The molecule has 0 aromatic heterocycles. The van der Waals surface area contributed by atoms with Crippen LogP contribution in [0.2, 0.25) is 0 Å². The molecular formula is C18H21N3O4S. The van der Waals surface area contributed by atoms with Crippen LogP contribution in [0.5, 0.6) is 0 Å². The van der Waals surface area contributed by atoms with Gasteiger partial charge in [0, 0.05) is 31.8 Å². The second-order valence-corrected chi connectivity index (χ2v) is 8.07. The number of nitro benzene ring substituents is 1. The molecule has 2 aromatic carbocycles. The highest BCUT2D eigenvalue weighted by molar-refractivity contribution is 7.89. The zero-order valence-corrected chi connectivity index (χ0v) is 15.3. The molecule has 0 aliphatic carbocycles. The number of rotatable bonds is 5. The number of nitro groups is 1. The zero-order chi connectivity index (χ0) is 18.7. The molecule has 1 N–H and O–H groups in total. The lowest BCUT2D eigenvalue weighted by molar-refractivity contribution is -0.384. The molecule has 1 heterocycles. The summed E-state index contributed by atoms with van der Waals surface area (Å²) in [5.41, 5.74) is 2.00. The molecule has 1 atom stereocenters. The fraction of sp³-hybridized carbons (Fsp3) is 0.333. The van der Waals surface area contributed by atoms with E-state index in [2.05, 4.69) is 12.2 Å². The maximum absolute atomic E-state index is 13.1. The molecule has 138 valence electrons. The Kier molecular flexibility index (Phi) is 5.36. The Labute approximate surface area is 152 Å². The summed E-state index contributed by atoms with van der Waals surface area (Å²) < 4.78 is 27.7. The van der Waals surface area contributed by atoms with Crippen LogP contribution in [0.3, 0.4) is 0 Å². The van der Waals surface area contributed by atoms with Crippen molar-refractivity contribution >= 4 is 15.7 Å². The van der Waals surface area contributed by atoms with Crippen molar-refractivity contribution in [3.63, 3.8) is 0 Å². The molecule has 8 heteroatoms. The lowest BCUT2D eigenvalue weighted by Crippen LogP contribution is -2.48. The quantitative estimate of drug-likeness (QED) is 0.640. The number of hydrogen-bond acceptors (Lipinski definition) is 5. The van der Waals surface area contributed by atoms with Crippen LogP contribution >= 0.6 is 0 Å². The van der Waals surface area contributed by atoms with E-state index < -0.39 is 14.9 Å². The smallest absolute Gasteiger partial charge is 0.269 e. The summed E-state index contributed by atoms with van der Waals surface area (Å²) >= 11 is 0. The second-order valence-electron chi connectivity index (χ2n) is 6.18. The summed E-state index contributed by atoms with van der Waals surface area (Å²) in [6.07, 6.45) is 0.925. The Balaban J connectivity index is 1.93. The average molecular weight is 375 g/mol. The van der Waals surface area contributed by atoms with Gasteiger partial charge in [0.2, 0.25) is 10.0 Å². The number of benzene rings is 2. The van der Waals surface area contributed by atoms with Crippen molar-refractivity contribution in [2.45, 2.75) is 24.3 Å². The van der Waals surface area contributed by atoms with Gasteiger partial charge in [0.15, 0.2) is 0 Å². The number of hydrogen-bond donors (Lipinski definition) is 1. The Hall–Kier alpha value is -2.29. The van der Waals surface area contributed by atoms with E-state index in [1.165, 1.54) is 34.1 Å². The highest BCUT2D eigenvalue weighted by atomic mass is 32.2. The predicted molar refractivity (Wildman–Crippen MR) is 98.4 cm³/mol. The maximum Gasteiger partial charge on any atom is 0.269 e. The third-order valence-electron chi connectivity index (χ3n) is 4.62. The monoisotopic (exact) mass is 375 g/mol. The van der Waals surface area contributed by atoms with Crippen molar-refractivity contribution in [3.05, 3.63) is 69.8 Å². The SMILES string of the molecule is CCc1ccc(C2CNCCN2S(=O)(=O)c2ccc([N+](=O)[O-])cc2)cc1. The summed E-state index contributed by atoms with van der Waals surface area (Å²) in [7, 11) is -3.75. The first kappa shape index (κ1) is 18.5. The molecule has 0 saturated carbocycles. The van der Waals surface area contributed by atoms with Crippen molar-refractivity contribution in [1.29, 1.82) is 0 Å². The third kappa shape index (κ3) is 3.62. The van der Waals surface area contributed by atoms with Crippen LogP contribution in [0.25, 0.3) is 0 Å². The van der Waals surface area contributed by atoms with Crippen LogP contribution in [-0.4, -0.2) is 37.3 Å². The number of nitrogens with one attached hydrogen (secondary N) is 1. The molecule has 0 radical (unpaired) electrons. The fourth-order valence-electron chi connectivity index (χ4n) is 3.11. The minimum atomic E-state index is -3.75. The molecule has 0 bridgehead atoms. The lowest BCUT2D eigenvalue weighted by atomic mass is 10.0. The molecule has 1 unspecified atom stereocenters. The third-order valence-corrected chi connectivity index (χ3v) is 6.54. The average Bonchev–Trinajstić information content (AvgIpc) is 2.68. The van der Waals surface area contributed by atoms with Crippen LogP contribution in [0, 0.1) is 10.1 Å². The highest BCUT2D eigenvalue weighted by Gasteiger charge is 2.34. The number of aryl methyl sites for hydroxylation is 1. The molecule has 1 aliphatic heterocycles. The van der Waals surface area contributed by atoms with Gasteiger partial charge in [0.05, 0.1) is 15.9 Å². The van der Waals surface area contributed by atoms with Crippen LogP contribution in [-0.2, 0) is 16.4 Å². The Bertz CT molecular complexity index is 880. The summed E-state index contributed by atoms with van der Waals surface area (Å²) in [4.78, 5) is 10.3. The summed E-state index contributed by atoms with van der Waals surface area (Å²) in [6, 6.07) is 12.7. The van der Waals surface area contributed by atoms with Gasteiger partial charge in [0.1, 0.15) is 0 Å². The molecule has 3 rings (SSSR count). The Morgan fingerprint density at radius 3 is 2.38 bits per heavy atom. The molecule has 7 nitrogen and oxygen atoms in total. The van der Waals surface area contributed by atoms with Gasteiger partial charge in [-0.2, -0.15) is 4.31 Å². The summed E-state index contributed by atoms with van der Waals surface area (Å²) in [5.74, 6) is 0. The van der Waals surface area contributed by atoms with Crippen LogP contribution in [0.4, 0.5) is 5.69 Å². The van der Waals surface area contributed by atoms with Crippen molar-refractivity contribution in [3.8, 4) is 0 Å². The van der Waals surface area contributed by atoms with Crippen molar-refractivity contribution in [2.75, 3.05) is 19.6 Å². The minimum Gasteiger partial charge on any atom is -0.313 e. The van der Waals surface area contributed by atoms with Crippen LogP contribution in [0.15, 0.2) is 53.4 Å². The van der Waals surface area contributed by atoms with E-state index in [1.54, 1.807) is 0 Å². The molecule has 1 aliphatic rings. The highest BCUT2D eigenvalue weighted by Crippen LogP contribution is 2.29. The van der Waals surface area contributed by atoms with E-state index in [0.717, 1.165) is 12.0 Å². The second kappa shape index (κ2) is 7.53. The Morgan fingerprint density at radius 1 is 1.15 bits per heavy atom. The lowest BCUT2D eigenvalue weighted by Gasteiger charge is -2.35. The van der Waals surface area contributed by atoms with Gasteiger partial charge >= 0.3 is 0 Å². The van der Waals surface area contributed by atoms with Gasteiger partial charge in [-0.3, -0.25) is 10.1 Å². The van der Waals surface area contributed by atoms with E-state index in [-0.39, 0.29) is 16.6 Å². The van der Waals surface area contributed by atoms with Crippen molar-refractivity contribution < 1.29 is 13.3 Å². The minimum absolute atomic E-state index is 0.0696. The molecule has 0 spiro atoms. The molecule has 1 fully saturated rings. The Morgan fingerprint density at radius 2 is 1.81 bits per heavy atom. The molecule has 1 saturated heterocycles. The first-order valence-electron chi connectivity index (χ1n) is 8.49. The summed E-state index contributed by atoms with van der Waals surface area (Å²) in [5, 5.41) is 14.0. The standard InChI is InChI=1S/C18H21N3O4S/c1-2-14-3-5-15(6-4-14)18-13-19-11-12-20(18)26(24,25)17-9-7-16(8-10-17)21(22)23/h3-10,18-19H,2,11-13H2,1H3. The van der Waals surface area contributed by atoms with E-state index in [0.29, 0.717) is 19.6 Å². The molecule has 26 heavy (non-hydrogen) atoms. The van der Waals surface area contributed by atoms with E-state index in [4.69, 9.17) is 0 Å². The van der Waals surface area contributed by atoms with Crippen LogP contribution in [0.1, 0.15) is 24.1 Å². The van der Waals surface area contributed by atoms with E-state index in [1.807, 2.05) is 24.3 Å². The zero-order valence-electron chi connectivity index (χ0n) is 14.5. The molecular weight excluding hydrogens is 354 g/mol. The van der Waals surface area contributed by atoms with Crippen molar-refractivity contribution in [1.82, 2.24) is 9.62 Å². The van der Waals surface area contributed by atoms with E-state index >= 15 is 0 Å². The van der Waals surface area contributed by atoms with Gasteiger partial charge in [0.25, 0.3) is 5.69 Å². The normalized spacial score (nSPS) is 18.6. The van der Waals surface area contributed by atoms with Gasteiger partial charge in [-0.05, 0) is 29.7 Å². The first-order chi connectivity index (χ1) is 12.4. The number of sulfonamides is 1. The largest absolute Gasteiger partial charge is 0.313 e. The van der Waals surface area contributed by atoms with Crippen LogP contribution < -0.4 is 5.32 Å². The first-order valence-corrected chi connectivity index (χ1v) is 9.93. The summed E-state index contributed by atoms with van der Waals surface area (Å²) in [6.45, 7) is 3.51. The van der Waals surface area contributed by atoms with Gasteiger partial charge < -0.3 is 5.32 Å². The number of non-ortho nitro benzene ring substituents is 1.